The predicted molar refractivity (Wildman–Crippen MR) is 117 cm³/mol. The number of ether oxygens (including phenoxy) is 2. The van der Waals surface area contributed by atoms with E-state index >= 15 is 0 Å². The van der Waals surface area contributed by atoms with Gasteiger partial charge in [0, 0.05) is 45.3 Å². The van der Waals surface area contributed by atoms with Gasteiger partial charge >= 0.3 is 0 Å². The number of morpholine rings is 1. The molecule has 1 amide bonds. The van der Waals surface area contributed by atoms with Gasteiger partial charge in [0.25, 0.3) is 5.91 Å². The number of aromatic nitrogens is 1. The predicted octanol–water partition coefficient (Wildman–Crippen LogP) is 2.41. The zero-order chi connectivity index (χ0) is 20.9. The molecule has 0 N–H and O–H groups in total. The summed E-state index contributed by atoms with van der Waals surface area (Å²) in [6.07, 6.45) is 7.05. The van der Waals surface area contributed by atoms with E-state index in [1.54, 1.807) is 0 Å². The maximum absolute atomic E-state index is 12.6. The molecule has 4 heterocycles. The summed E-state index contributed by atoms with van der Waals surface area (Å²) >= 11 is 0. The van der Waals surface area contributed by atoms with Crippen LogP contribution in [0.3, 0.4) is 0 Å². The van der Waals surface area contributed by atoms with Crippen LogP contribution in [0.1, 0.15) is 50.0 Å². The number of pyridine rings is 1. The molecule has 1 aromatic heterocycles. The summed E-state index contributed by atoms with van der Waals surface area (Å²) in [5.74, 6) is 0.000438. The van der Waals surface area contributed by atoms with Crippen LogP contribution in [0, 0.1) is 0 Å². The molecule has 7 heteroatoms. The summed E-state index contributed by atoms with van der Waals surface area (Å²) in [6, 6.07) is 4.53. The molecule has 0 unspecified atom stereocenters. The van der Waals surface area contributed by atoms with Crippen LogP contribution < -0.4 is 4.90 Å². The highest BCUT2D eigenvalue weighted by Crippen LogP contribution is 2.25. The van der Waals surface area contributed by atoms with Crippen LogP contribution in [-0.2, 0) is 9.47 Å². The topological polar surface area (TPSA) is 58.1 Å². The van der Waals surface area contributed by atoms with Crippen molar-refractivity contribution in [1.82, 2.24) is 14.8 Å². The maximum atomic E-state index is 12.6. The van der Waals surface area contributed by atoms with E-state index in [-0.39, 0.29) is 5.91 Å². The van der Waals surface area contributed by atoms with Crippen LogP contribution in [0.5, 0.6) is 0 Å². The first-order valence-corrected chi connectivity index (χ1v) is 11.6. The molecule has 7 nitrogen and oxygen atoms in total. The summed E-state index contributed by atoms with van der Waals surface area (Å²) in [5, 5.41) is 0. The van der Waals surface area contributed by atoms with E-state index < -0.39 is 0 Å². The Hall–Kier alpha value is -1.70. The molecule has 3 aliphatic heterocycles. The molecule has 3 fully saturated rings. The van der Waals surface area contributed by atoms with Gasteiger partial charge in [0.05, 0.1) is 37.3 Å². The minimum absolute atomic E-state index is 0.000438. The quantitative estimate of drug-likeness (QED) is 0.735. The molecule has 0 atom stereocenters. The van der Waals surface area contributed by atoms with Crippen molar-refractivity contribution >= 4 is 11.6 Å². The second-order valence-corrected chi connectivity index (χ2v) is 8.96. The van der Waals surface area contributed by atoms with Crippen molar-refractivity contribution in [3.63, 3.8) is 0 Å². The Morgan fingerprint density at radius 3 is 2.20 bits per heavy atom. The van der Waals surface area contributed by atoms with Crippen molar-refractivity contribution in [3.05, 3.63) is 24.0 Å². The van der Waals surface area contributed by atoms with Crippen LogP contribution >= 0.6 is 0 Å². The fourth-order valence-electron chi connectivity index (χ4n) is 4.68. The number of hydrogen-bond donors (Lipinski definition) is 0. The summed E-state index contributed by atoms with van der Waals surface area (Å²) in [4.78, 5) is 23.7. The van der Waals surface area contributed by atoms with Crippen molar-refractivity contribution in [1.29, 1.82) is 0 Å². The molecule has 166 valence electrons. The monoisotopic (exact) mass is 416 g/mol. The van der Waals surface area contributed by atoms with Crippen molar-refractivity contribution in [2.75, 3.05) is 57.4 Å². The summed E-state index contributed by atoms with van der Waals surface area (Å²) in [7, 11) is 0. The molecule has 4 rings (SSSR count). The lowest BCUT2D eigenvalue weighted by Crippen LogP contribution is -2.44. The average Bonchev–Trinajstić information content (AvgIpc) is 2.80. The van der Waals surface area contributed by atoms with Crippen LogP contribution in [0.2, 0.25) is 0 Å². The summed E-state index contributed by atoms with van der Waals surface area (Å²) in [6.45, 7) is 11.3. The van der Waals surface area contributed by atoms with Gasteiger partial charge in [0.2, 0.25) is 0 Å². The lowest BCUT2D eigenvalue weighted by molar-refractivity contribution is -0.0540. The van der Waals surface area contributed by atoms with Crippen molar-refractivity contribution in [3.8, 4) is 0 Å². The smallest absolute Gasteiger partial charge is 0.272 e. The van der Waals surface area contributed by atoms with Crippen molar-refractivity contribution in [2.45, 2.75) is 57.8 Å². The van der Waals surface area contributed by atoms with Crippen molar-refractivity contribution in [2.24, 2.45) is 0 Å². The molecule has 30 heavy (non-hydrogen) atoms. The number of piperidine rings is 2. The number of rotatable bonds is 5. The van der Waals surface area contributed by atoms with Gasteiger partial charge in [0.1, 0.15) is 5.69 Å². The molecular formula is C23H36N4O3. The standard InChI is InChI=1S/C23H36N4O3/c1-18(2)25-9-5-20(6-10-25)30-21-7-11-26(12-8-21)19-3-4-22(24-17-19)23(28)27-13-15-29-16-14-27/h3-4,17-18,20-21H,5-16H2,1-2H3. The first-order chi connectivity index (χ1) is 14.6. The second kappa shape index (κ2) is 10.1. The molecule has 0 spiro atoms. The van der Waals surface area contributed by atoms with Gasteiger partial charge in [-0.25, -0.2) is 4.98 Å². The molecule has 0 aromatic carbocycles. The minimum atomic E-state index is 0.000438. The van der Waals surface area contributed by atoms with Gasteiger partial charge in [-0.3, -0.25) is 4.79 Å². The number of carbonyl (C=O) groups excluding carboxylic acids is 1. The van der Waals surface area contributed by atoms with E-state index in [4.69, 9.17) is 9.47 Å². The SMILES string of the molecule is CC(C)N1CCC(OC2CCN(c3ccc(C(=O)N4CCOCC4)nc3)CC2)CC1. The van der Waals surface area contributed by atoms with Crippen LogP contribution in [0.4, 0.5) is 5.69 Å². The lowest BCUT2D eigenvalue weighted by atomic mass is 10.0. The van der Waals surface area contributed by atoms with Crippen LogP contribution in [-0.4, -0.2) is 91.4 Å². The first kappa shape index (κ1) is 21.5. The molecule has 0 aliphatic carbocycles. The van der Waals surface area contributed by atoms with E-state index in [0.717, 1.165) is 57.5 Å². The molecule has 3 aliphatic rings. The molecule has 0 saturated carbocycles. The highest BCUT2D eigenvalue weighted by Gasteiger charge is 2.27. The number of likely N-dealkylation sites (tertiary alicyclic amines) is 1. The summed E-state index contributed by atoms with van der Waals surface area (Å²) in [5.41, 5.74) is 1.61. The van der Waals surface area contributed by atoms with E-state index in [2.05, 4.69) is 28.6 Å². The third-order valence-corrected chi connectivity index (χ3v) is 6.66. The Bertz CT molecular complexity index is 674. The van der Waals surface area contributed by atoms with E-state index in [0.29, 0.717) is 50.2 Å². The van der Waals surface area contributed by atoms with E-state index in [9.17, 15) is 4.79 Å². The molecular weight excluding hydrogens is 380 g/mol. The Labute approximate surface area is 180 Å². The Morgan fingerprint density at radius 1 is 1.00 bits per heavy atom. The fourth-order valence-corrected chi connectivity index (χ4v) is 4.68. The zero-order valence-electron chi connectivity index (χ0n) is 18.5. The Morgan fingerprint density at radius 2 is 1.63 bits per heavy atom. The first-order valence-electron chi connectivity index (χ1n) is 11.6. The molecule has 0 bridgehead atoms. The highest BCUT2D eigenvalue weighted by atomic mass is 16.5. The average molecular weight is 417 g/mol. The van der Waals surface area contributed by atoms with Gasteiger partial charge in [-0.2, -0.15) is 0 Å². The lowest BCUT2D eigenvalue weighted by Gasteiger charge is -2.38. The number of hydrogen-bond acceptors (Lipinski definition) is 6. The van der Waals surface area contributed by atoms with Crippen molar-refractivity contribution < 1.29 is 14.3 Å². The second-order valence-electron chi connectivity index (χ2n) is 8.96. The molecule has 1 aromatic rings. The van der Waals surface area contributed by atoms with E-state index in [1.807, 2.05) is 23.2 Å². The summed E-state index contributed by atoms with van der Waals surface area (Å²) < 4.78 is 11.8. The molecule has 0 radical (unpaired) electrons. The minimum Gasteiger partial charge on any atom is -0.378 e. The number of nitrogens with zero attached hydrogens (tertiary/aromatic N) is 4. The number of anilines is 1. The van der Waals surface area contributed by atoms with E-state index in [1.165, 1.54) is 0 Å². The van der Waals surface area contributed by atoms with Crippen LogP contribution in [0.15, 0.2) is 18.3 Å². The highest BCUT2D eigenvalue weighted by molar-refractivity contribution is 5.92. The zero-order valence-corrected chi connectivity index (χ0v) is 18.5. The van der Waals surface area contributed by atoms with Gasteiger partial charge in [-0.05, 0) is 51.7 Å². The third kappa shape index (κ3) is 5.31. The van der Waals surface area contributed by atoms with Crippen LogP contribution in [0.25, 0.3) is 0 Å². The fraction of sp³-hybridized carbons (Fsp3) is 0.739. The third-order valence-electron chi connectivity index (χ3n) is 6.66. The van der Waals surface area contributed by atoms with Gasteiger partial charge in [-0.1, -0.05) is 0 Å². The molecule has 3 saturated heterocycles. The van der Waals surface area contributed by atoms with Gasteiger partial charge < -0.3 is 24.2 Å². The Balaban J connectivity index is 1.23. The Kier molecular flexibility index (Phi) is 7.23. The van der Waals surface area contributed by atoms with Gasteiger partial charge in [0.15, 0.2) is 0 Å². The maximum Gasteiger partial charge on any atom is 0.272 e. The number of carbonyl (C=O) groups is 1. The number of amides is 1. The van der Waals surface area contributed by atoms with Gasteiger partial charge in [-0.15, -0.1) is 0 Å². The largest absolute Gasteiger partial charge is 0.378 e. The normalized spacial score (nSPS) is 22.6.